The average molecular weight is 292 g/mol. The molecule has 0 aromatic heterocycles. The number of rotatable bonds is 4. The number of likely N-dealkylation sites (tertiary alicyclic amines) is 1. The van der Waals surface area contributed by atoms with Crippen molar-refractivity contribution in [1.29, 1.82) is 0 Å². The summed E-state index contributed by atoms with van der Waals surface area (Å²) in [6, 6.07) is 8.95. The molecule has 21 heavy (non-hydrogen) atoms. The first-order chi connectivity index (χ1) is 10.1. The second-order valence-corrected chi connectivity index (χ2v) is 4.91. The van der Waals surface area contributed by atoms with Crippen LogP contribution in [-0.4, -0.2) is 48.7 Å². The van der Waals surface area contributed by atoms with E-state index in [1.54, 1.807) is 0 Å². The predicted octanol–water partition coefficient (Wildman–Crippen LogP) is 1.81. The molecule has 2 amide bonds. The van der Waals surface area contributed by atoms with Gasteiger partial charge in [0.2, 0.25) is 0 Å². The molecular formula is C15H20N2O4. The van der Waals surface area contributed by atoms with Crippen LogP contribution in [0.1, 0.15) is 18.4 Å². The number of carbonyl (C=O) groups is 2. The van der Waals surface area contributed by atoms with Gasteiger partial charge < -0.3 is 4.74 Å². The summed E-state index contributed by atoms with van der Waals surface area (Å²) in [6.45, 7) is 0.735. The van der Waals surface area contributed by atoms with Gasteiger partial charge in [0.25, 0.3) is 5.91 Å². The number of likely N-dealkylation sites (N-methyl/N-ethyl adjacent to an activating group) is 1. The van der Waals surface area contributed by atoms with E-state index in [-0.39, 0.29) is 12.5 Å². The van der Waals surface area contributed by atoms with Crippen LogP contribution in [0, 0.1) is 0 Å². The summed E-state index contributed by atoms with van der Waals surface area (Å²) in [5.74, 6) is -0.230. The van der Waals surface area contributed by atoms with Crippen molar-refractivity contribution in [2.24, 2.45) is 0 Å². The van der Waals surface area contributed by atoms with Gasteiger partial charge in [-0.3, -0.25) is 14.5 Å². The van der Waals surface area contributed by atoms with Gasteiger partial charge in [-0.15, -0.1) is 0 Å². The minimum atomic E-state index is -0.502. The van der Waals surface area contributed by atoms with Gasteiger partial charge in [0, 0.05) is 13.6 Å². The quantitative estimate of drug-likeness (QED) is 0.794. The Bertz CT molecular complexity index is 492. The van der Waals surface area contributed by atoms with E-state index in [9.17, 15) is 9.59 Å². The number of amides is 2. The van der Waals surface area contributed by atoms with Crippen LogP contribution in [0.3, 0.4) is 0 Å². The van der Waals surface area contributed by atoms with Gasteiger partial charge >= 0.3 is 6.09 Å². The molecule has 0 N–H and O–H groups in total. The van der Waals surface area contributed by atoms with E-state index in [0.29, 0.717) is 13.0 Å². The van der Waals surface area contributed by atoms with E-state index in [0.717, 1.165) is 17.0 Å². The normalized spacial score (nSPS) is 17.6. The highest BCUT2D eigenvalue weighted by molar-refractivity contribution is 5.85. The Balaban J connectivity index is 1.93. The Morgan fingerprint density at radius 1 is 1.33 bits per heavy atom. The van der Waals surface area contributed by atoms with E-state index >= 15 is 0 Å². The molecule has 0 saturated carbocycles. The van der Waals surface area contributed by atoms with Crippen LogP contribution < -0.4 is 0 Å². The molecule has 0 aliphatic carbocycles. The zero-order valence-corrected chi connectivity index (χ0v) is 12.3. The van der Waals surface area contributed by atoms with Crippen molar-refractivity contribution in [3.63, 3.8) is 0 Å². The van der Waals surface area contributed by atoms with Gasteiger partial charge in [0.1, 0.15) is 12.6 Å². The fourth-order valence-corrected chi connectivity index (χ4v) is 2.34. The van der Waals surface area contributed by atoms with E-state index in [2.05, 4.69) is 0 Å². The third-order valence-electron chi connectivity index (χ3n) is 3.56. The van der Waals surface area contributed by atoms with E-state index in [4.69, 9.17) is 9.57 Å². The van der Waals surface area contributed by atoms with Crippen molar-refractivity contribution in [2.75, 3.05) is 20.7 Å². The summed E-state index contributed by atoms with van der Waals surface area (Å²) in [7, 11) is 2.96. The van der Waals surface area contributed by atoms with Crippen molar-refractivity contribution in [2.45, 2.75) is 25.5 Å². The van der Waals surface area contributed by atoms with Gasteiger partial charge in [-0.25, -0.2) is 9.86 Å². The summed E-state index contributed by atoms with van der Waals surface area (Å²) < 4.78 is 5.28. The highest BCUT2D eigenvalue weighted by atomic mass is 16.7. The molecule has 0 spiro atoms. The SMILES string of the molecule is CON(C)C(=O)[C@H]1CCCN1C(=O)OCc1ccccc1. The maximum Gasteiger partial charge on any atom is 0.410 e. The van der Waals surface area contributed by atoms with Crippen LogP contribution in [-0.2, 0) is 21.0 Å². The number of benzene rings is 1. The summed E-state index contributed by atoms with van der Waals surface area (Å²) in [4.78, 5) is 30.6. The van der Waals surface area contributed by atoms with Crippen LogP contribution in [0.2, 0.25) is 0 Å². The Morgan fingerprint density at radius 2 is 2.05 bits per heavy atom. The minimum Gasteiger partial charge on any atom is -0.445 e. The Labute approximate surface area is 124 Å². The van der Waals surface area contributed by atoms with Crippen molar-refractivity contribution in [3.8, 4) is 0 Å². The average Bonchev–Trinajstić information content (AvgIpc) is 3.01. The number of hydroxylamine groups is 2. The van der Waals surface area contributed by atoms with E-state index < -0.39 is 12.1 Å². The van der Waals surface area contributed by atoms with Gasteiger partial charge in [-0.05, 0) is 18.4 Å². The Morgan fingerprint density at radius 3 is 2.71 bits per heavy atom. The summed E-state index contributed by atoms with van der Waals surface area (Å²) >= 11 is 0. The molecule has 1 aliphatic rings. The van der Waals surface area contributed by atoms with Gasteiger partial charge in [0.15, 0.2) is 0 Å². The maximum absolute atomic E-state index is 12.1. The lowest BCUT2D eigenvalue weighted by Gasteiger charge is -2.26. The molecule has 1 saturated heterocycles. The second kappa shape index (κ2) is 7.08. The predicted molar refractivity (Wildman–Crippen MR) is 76.1 cm³/mol. The fourth-order valence-electron chi connectivity index (χ4n) is 2.34. The molecule has 0 radical (unpaired) electrons. The third-order valence-corrected chi connectivity index (χ3v) is 3.56. The van der Waals surface area contributed by atoms with Crippen molar-refractivity contribution < 1.29 is 19.2 Å². The monoisotopic (exact) mass is 292 g/mol. The summed E-state index contributed by atoms with van der Waals surface area (Å²) in [5.41, 5.74) is 0.918. The van der Waals surface area contributed by atoms with E-state index in [1.165, 1.54) is 19.1 Å². The first-order valence-corrected chi connectivity index (χ1v) is 6.92. The van der Waals surface area contributed by atoms with Gasteiger partial charge in [-0.1, -0.05) is 30.3 Å². The van der Waals surface area contributed by atoms with Crippen LogP contribution in [0.15, 0.2) is 30.3 Å². The molecule has 1 aliphatic heterocycles. The van der Waals surface area contributed by atoms with Crippen LogP contribution in [0.5, 0.6) is 0 Å². The maximum atomic E-state index is 12.1. The van der Waals surface area contributed by atoms with Crippen LogP contribution in [0.4, 0.5) is 4.79 Å². The largest absolute Gasteiger partial charge is 0.445 e. The second-order valence-electron chi connectivity index (χ2n) is 4.91. The van der Waals surface area contributed by atoms with Crippen LogP contribution >= 0.6 is 0 Å². The van der Waals surface area contributed by atoms with Crippen LogP contribution in [0.25, 0.3) is 0 Å². The zero-order valence-electron chi connectivity index (χ0n) is 12.3. The first kappa shape index (κ1) is 15.3. The summed E-state index contributed by atoms with van der Waals surface area (Å²) in [6.07, 6.45) is 0.959. The molecule has 0 bridgehead atoms. The Kier molecular flexibility index (Phi) is 5.16. The standard InChI is InChI=1S/C15H20N2O4/c1-16(20-2)14(18)13-9-6-10-17(13)15(19)21-11-12-7-4-3-5-8-12/h3-5,7-8,13H,6,9-11H2,1-2H3/t13-/m1/s1. The minimum absolute atomic E-state index is 0.206. The third kappa shape index (κ3) is 3.72. The smallest absolute Gasteiger partial charge is 0.410 e. The lowest BCUT2D eigenvalue weighted by Crippen LogP contribution is -2.46. The van der Waals surface area contributed by atoms with E-state index in [1.807, 2.05) is 30.3 Å². The first-order valence-electron chi connectivity index (χ1n) is 6.92. The molecule has 1 fully saturated rings. The lowest BCUT2D eigenvalue weighted by atomic mass is 10.2. The molecule has 1 aromatic rings. The molecule has 6 nitrogen and oxygen atoms in total. The fraction of sp³-hybridized carbons (Fsp3) is 0.467. The number of hydrogen-bond donors (Lipinski definition) is 0. The molecule has 0 unspecified atom stereocenters. The highest BCUT2D eigenvalue weighted by Crippen LogP contribution is 2.20. The molecule has 1 aromatic carbocycles. The zero-order chi connectivity index (χ0) is 15.2. The molecule has 2 rings (SSSR count). The van der Waals surface area contributed by atoms with Gasteiger partial charge in [0.05, 0.1) is 7.11 Å². The molecule has 114 valence electrons. The topological polar surface area (TPSA) is 59.1 Å². The van der Waals surface area contributed by atoms with Crippen molar-refractivity contribution >= 4 is 12.0 Å². The van der Waals surface area contributed by atoms with Crippen molar-refractivity contribution in [1.82, 2.24) is 9.96 Å². The summed E-state index contributed by atoms with van der Waals surface area (Å²) in [5, 5.41) is 1.15. The number of nitrogens with zero attached hydrogens (tertiary/aromatic N) is 2. The number of ether oxygens (including phenoxy) is 1. The Hall–Kier alpha value is -2.08. The molecule has 1 heterocycles. The molecular weight excluding hydrogens is 272 g/mol. The van der Waals surface area contributed by atoms with Gasteiger partial charge in [-0.2, -0.15) is 0 Å². The molecule has 6 heteroatoms. The number of hydrogen-bond acceptors (Lipinski definition) is 4. The molecule has 1 atom stereocenters. The number of carbonyl (C=O) groups excluding carboxylic acids is 2. The lowest BCUT2D eigenvalue weighted by molar-refractivity contribution is -0.173. The van der Waals surface area contributed by atoms with Crippen molar-refractivity contribution in [3.05, 3.63) is 35.9 Å². The highest BCUT2D eigenvalue weighted by Gasteiger charge is 2.36.